The number of phenolic OH excluding ortho intramolecular Hbond substituents is 1. The van der Waals surface area contributed by atoms with E-state index in [1.165, 1.54) is 6.92 Å². The number of aliphatic hydroxyl groups is 1. The van der Waals surface area contributed by atoms with E-state index < -0.39 is 24.0 Å². The zero-order chi connectivity index (χ0) is 22.7. The molecule has 0 aromatic heterocycles. The van der Waals surface area contributed by atoms with E-state index in [1.807, 2.05) is 0 Å². The third kappa shape index (κ3) is 5.50. The van der Waals surface area contributed by atoms with Crippen molar-refractivity contribution in [1.82, 2.24) is 5.32 Å². The van der Waals surface area contributed by atoms with Crippen LogP contribution in [0, 0.1) is 5.92 Å². The Morgan fingerprint density at radius 2 is 2.00 bits per heavy atom. The van der Waals surface area contributed by atoms with E-state index in [0.717, 1.165) is 30.4 Å². The van der Waals surface area contributed by atoms with E-state index in [-0.39, 0.29) is 21.4 Å². The van der Waals surface area contributed by atoms with Crippen molar-refractivity contribution in [2.75, 3.05) is 0 Å². The summed E-state index contributed by atoms with van der Waals surface area (Å²) in [7, 11) is 0. The summed E-state index contributed by atoms with van der Waals surface area (Å²) >= 11 is 12.8. The van der Waals surface area contributed by atoms with Crippen molar-refractivity contribution in [3.05, 3.63) is 62.6 Å². The first-order valence-electron chi connectivity index (χ1n) is 10.2. The number of carboxylic acid groups (broad SMARTS) is 1. The van der Waals surface area contributed by atoms with Crippen molar-refractivity contribution in [2.24, 2.45) is 5.92 Å². The zero-order valence-electron chi connectivity index (χ0n) is 17.1. The van der Waals surface area contributed by atoms with Crippen LogP contribution in [0.4, 0.5) is 0 Å². The smallest absolute Gasteiger partial charge is 0.325 e. The number of aliphatic hydroxyl groups excluding tert-OH is 1. The Morgan fingerprint density at radius 3 is 2.68 bits per heavy atom. The third-order valence-corrected chi connectivity index (χ3v) is 6.49. The van der Waals surface area contributed by atoms with Gasteiger partial charge in [0.15, 0.2) is 0 Å². The summed E-state index contributed by atoms with van der Waals surface area (Å²) in [6, 6.07) is 7.31. The molecule has 1 amide bonds. The van der Waals surface area contributed by atoms with Crippen LogP contribution in [-0.4, -0.2) is 33.2 Å². The van der Waals surface area contributed by atoms with Crippen molar-refractivity contribution >= 4 is 35.1 Å². The predicted octanol–water partition coefficient (Wildman–Crippen LogP) is 4.52. The van der Waals surface area contributed by atoms with Gasteiger partial charge in [-0.15, -0.1) is 0 Å². The molecule has 2 unspecified atom stereocenters. The molecular formula is C23H25Cl2NO5. The molecule has 0 saturated heterocycles. The number of benzene rings is 2. The molecule has 0 spiro atoms. The van der Waals surface area contributed by atoms with Crippen molar-refractivity contribution in [3.8, 4) is 5.75 Å². The number of hydrogen-bond acceptors (Lipinski definition) is 4. The van der Waals surface area contributed by atoms with Gasteiger partial charge in [0.1, 0.15) is 11.8 Å². The summed E-state index contributed by atoms with van der Waals surface area (Å²) in [4.78, 5) is 23.5. The molecule has 0 heterocycles. The maximum absolute atomic E-state index is 12.5. The Bertz CT molecular complexity index is 994. The molecule has 1 aliphatic rings. The molecule has 3 atom stereocenters. The van der Waals surface area contributed by atoms with E-state index in [4.69, 9.17) is 28.3 Å². The SMILES string of the molecule is C[C@H](NC(=O)c1c(Cl)cc2c(c1Cl)CCC(CCC(O)c1cccc(O)c1)C2)C(=O)O. The van der Waals surface area contributed by atoms with Crippen molar-refractivity contribution in [2.45, 2.75) is 51.2 Å². The highest BCUT2D eigenvalue weighted by molar-refractivity contribution is 6.40. The van der Waals surface area contributed by atoms with Gasteiger partial charge in [0.2, 0.25) is 0 Å². The number of aromatic hydroxyl groups is 1. The van der Waals surface area contributed by atoms with Crippen LogP contribution in [0.25, 0.3) is 0 Å². The molecule has 2 aromatic rings. The number of carbonyl (C=O) groups is 2. The number of halogens is 2. The van der Waals surface area contributed by atoms with Crippen LogP contribution in [0.1, 0.15) is 59.3 Å². The van der Waals surface area contributed by atoms with Gasteiger partial charge in [-0.1, -0.05) is 35.3 Å². The highest BCUT2D eigenvalue weighted by Crippen LogP contribution is 2.38. The van der Waals surface area contributed by atoms with Gasteiger partial charge in [0, 0.05) is 0 Å². The molecule has 6 nitrogen and oxygen atoms in total. The largest absolute Gasteiger partial charge is 0.508 e. The van der Waals surface area contributed by atoms with Gasteiger partial charge in [0.05, 0.1) is 21.7 Å². The van der Waals surface area contributed by atoms with Crippen LogP contribution < -0.4 is 5.32 Å². The summed E-state index contributed by atoms with van der Waals surface area (Å²) in [5, 5.41) is 31.9. The summed E-state index contributed by atoms with van der Waals surface area (Å²) in [5.41, 5.74) is 2.63. The normalized spacial score (nSPS) is 17.5. The highest BCUT2D eigenvalue weighted by Gasteiger charge is 2.27. The molecule has 31 heavy (non-hydrogen) atoms. The molecule has 0 aliphatic heterocycles. The number of carbonyl (C=O) groups excluding carboxylic acids is 1. The number of nitrogens with one attached hydrogen (secondary N) is 1. The van der Waals surface area contributed by atoms with Gasteiger partial charge >= 0.3 is 5.97 Å². The fourth-order valence-electron chi connectivity index (χ4n) is 4.00. The zero-order valence-corrected chi connectivity index (χ0v) is 18.6. The van der Waals surface area contributed by atoms with Crippen LogP contribution >= 0.6 is 23.2 Å². The number of hydrogen-bond donors (Lipinski definition) is 4. The van der Waals surface area contributed by atoms with Gasteiger partial charge in [-0.2, -0.15) is 0 Å². The van der Waals surface area contributed by atoms with Crippen LogP contribution in [-0.2, 0) is 17.6 Å². The standard InChI is InChI=1S/C23H25Cl2NO5/c1-12(23(30)31)26-22(29)20-18(24)11-15-9-13(5-7-17(15)21(20)25)6-8-19(28)14-3-2-4-16(27)10-14/h2-4,10-13,19,27-28H,5-9H2,1H3,(H,26,29)(H,30,31)/t12-,13?,19?/m0/s1. The second-order valence-electron chi connectivity index (χ2n) is 8.02. The molecule has 4 N–H and O–H groups in total. The fraction of sp³-hybridized carbons (Fsp3) is 0.391. The number of amides is 1. The minimum absolute atomic E-state index is 0.105. The fourth-order valence-corrected chi connectivity index (χ4v) is 4.76. The molecule has 3 rings (SSSR count). The molecule has 2 aromatic carbocycles. The Hall–Kier alpha value is -2.28. The van der Waals surface area contributed by atoms with E-state index in [1.54, 1.807) is 30.3 Å². The van der Waals surface area contributed by atoms with Crippen LogP contribution in [0.5, 0.6) is 5.75 Å². The second kappa shape index (κ2) is 9.90. The summed E-state index contributed by atoms with van der Waals surface area (Å²) < 4.78 is 0. The topological polar surface area (TPSA) is 107 Å². The minimum atomic E-state index is -1.14. The van der Waals surface area contributed by atoms with Crippen molar-refractivity contribution in [1.29, 1.82) is 0 Å². The van der Waals surface area contributed by atoms with Crippen molar-refractivity contribution in [3.63, 3.8) is 0 Å². The quantitative estimate of drug-likeness (QED) is 0.480. The number of aliphatic carboxylic acids is 1. The van der Waals surface area contributed by atoms with Gasteiger partial charge in [-0.3, -0.25) is 9.59 Å². The summed E-state index contributed by atoms with van der Waals surface area (Å²) in [5.74, 6) is -1.29. The van der Waals surface area contributed by atoms with E-state index >= 15 is 0 Å². The number of carboxylic acids is 1. The first-order valence-corrected chi connectivity index (χ1v) is 10.9. The van der Waals surface area contributed by atoms with E-state index in [2.05, 4.69) is 5.32 Å². The number of fused-ring (bicyclic) bond motifs is 1. The maximum Gasteiger partial charge on any atom is 0.325 e. The predicted molar refractivity (Wildman–Crippen MR) is 119 cm³/mol. The lowest BCUT2D eigenvalue weighted by Gasteiger charge is -2.27. The first-order chi connectivity index (χ1) is 14.7. The Balaban J connectivity index is 1.69. The van der Waals surface area contributed by atoms with Gasteiger partial charge in [-0.05, 0) is 79.8 Å². The second-order valence-corrected chi connectivity index (χ2v) is 8.80. The maximum atomic E-state index is 12.5. The van der Waals surface area contributed by atoms with Crippen molar-refractivity contribution < 1.29 is 24.9 Å². The lowest BCUT2D eigenvalue weighted by Crippen LogP contribution is -2.38. The van der Waals surface area contributed by atoms with Crippen LogP contribution in [0.2, 0.25) is 10.0 Å². The van der Waals surface area contributed by atoms with Gasteiger partial charge in [0.25, 0.3) is 5.91 Å². The molecule has 1 aliphatic carbocycles. The van der Waals surface area contributed by atoms with Crippen LogP contribution in [0.3, 0.4) is 0 Å². The third-order valence-electron chi connectivity index (χ3n) is 5.77. The average molecular weight is 466 g/mol. The Labute approximate surface area is 190 Å². The average Bonchev–Trinajstić information content (AvgIpc) is 2.71. The Morgan fingerprint density at radius 1 is 1.26 bits per heavy atom. The van der Waals surface area contributed by atoms with Crippen LogP contribution in [0.15, 0.2) is 30.3 Å². The lowest BCUT2D eigenvalue weighted by atomic mass is 9.80. The van der Waals surface area contributed by atoms with Gasteiger partial charge in [-0.25, -0.2) is 0 Å². The highest BCUT2D eigenvalue weighted by atomic mass is 35.5. The summed E-state index contributed by atoms with van der Waals surface area (Å²) in [6.07, 6.45) is 2.97. The first kappa shape index (κ1) is 23.4. The molecule has 8 heteroatoms. The molecule has 0 bridgehead atoms. The molecule has 166 valence electrons. The minimum Gasteiger partial charge on any atom is -0.508 e. The molecule has 0 fully saturated rings. The molecule has 0 radical (unpaired) electrons. The molecule has 0 saturated carbocycles. The molecular weight excluding hydrogens is 441 g/mol. The Kier molecular flexibility index (Phi) is 7.46. The van der Waals surface area contributed by atoms with E-state index in [9.17, 15) is 19.8 Å². The number of phenols is 1. The summed E-state index contributed by atoms with van der Waals surface area (Å²) in [6.45, 7) is 1.37. The monoisotopic (exact) mass is 465 g/mol. The number of rotatable bonds is 7. The van der Waals surface area contributed by atoms with Gasteiger partial charge < -0.3 is 20.6 Å². The van der Waals surface area contributed by atoms with E-state index in [0.29, 0.717) is 24.3 Å². The lowest BCUT2D eigenvalue weighted by molar-refractivity contribution is -0.138.